The smallest absolute Gasteiger partial charge is 0.125 e. The second kappa shape index (κ2) is 5.92. The highest BCUT2D eigenvalue weighted by atomic mass is 16.5. The molecule has 2 rings (SSSR count). The first-order valence-electron chi connectivity index (χ1n) is 6.42. The van der Waals surface area contributed by atoms with Crippen LogP contribution >= 0.6 is 0 Å². The molecule has 0 saturated heterocycles. The number of rotatable bonds is 7. The molecule has 0 spiro atoms. The van der Waals surface area contributed by atoms with Crippen LogP contribution in [0.15, 0.2) is 18.2 Å². The van der Waals surface area contributed by atoms with E-state index >= 15 is 0 Å². The largest absolute Gasteiger partial charge is 0.496 e. The van der Waals surface area contributed by atoms with Gasteiger partial charge in [-0.2, -0.15) is 0 Å². The second-order valence-corrected chi connectivity index (χ2v) is 4.83. The standard InChI is InChI=1S/C14H22N2O/c1-17-14-9-13(15)7-6-12(14)10-16-8-2-3-11-4-5-11/h6-7,9,11,16H,2-5,8,10,15H2,1H3. The van der Waals surface area contributed by atoms with Crippen LogP contribution < -0.4 is 15.8 Å². The maximum atomic E-state index is 5.72. The maximum absolute atomic E-state index is 5.72. The average molecular weight is 234 g/mol. The van der Waals surface area contributed by atoms with Crippen LogP contribution in [0.4, 0.5) is 5.69 Å². The third-order valence-electron chi connectivity index (χ3n) is 3.29. The Morgan fingerprint density at radius 2 is 2.24 bits per heavy atom. The Kier molecular flexibility index (Phi) is 4.26. The molecule has 1 saturated carbocycles. The number of anilines is 1. The summed E-state index contributed by atoms with van der Waals surface area (Å²) in [4.78, 5) is 0. The molecule has 3 nitrogen and oxygen atoms in total. The summed E-state index contributed by atoms with van der Waals surface area (Å²) in [6.45, 7) is 1.94. The van der Waals surface area contributed by atoms with E-state index in [0.717, 1.165) is 30.4 Å². The Morgan fingerprint density at radius 3 is 2.94 bits per heavy atom. The van der Waals surface area contributed by atoms with E-state index in [4.69, 9.17) is 10.5 Å². The molecule has 0 amide bonds. The molecule has 0 aliphatic heterocycles. The Hall–Kier alpha value is -1.22. The molecule has 1 aromatic rings. The number of hydrogen-bond donors (Lipinski definition) is 2. The summed E-state index contributed by atoms with van der Waals surface area (Å²) in [5.74, 6) is 1.91. The van der Waals surface area contributed by atoms with Crippen LogP contribution in [0.5, 0.6) is 5.75 Å². The van der Waals surface area contributed by atoms with Gasteiger partial charge in [-0.05, 0) is 31.4 Å². The van der Waals surface area contributed by atoms with Gasteiger partial charge in [0.25, 0.3) is 0 Å². The van der Waals surface area contributed by atoms with Crippen LogP contribution in [0.3, 0.4) is 0 Å². The lowest BCUT2D eigenvalue weighted by Crippen LogP contribution is -2.15. The topological polar surface area (TPSA) is 47.3 Å². The number of ether oxygens (including phenoxy) is 1. The summed E-state index contributed by atoms with van der Waals surface area (Å²) in [6, 6.07) is 5.83. The van der Waals surface area contributed by atoms with E-state index in [-0.39, 0.29) is 0 Å². The Balaban J connectivity index is 1.73. The van der Waals surface area contributed by atoms with Crippen LogP contribution in [0.2, 0.25) is 0 Å². The number of hydrogen-bond acceptors (Lipinski definition) is 3. The molecule has 0 heterocycles. The van der Waals surface area contributed by atoms with E-state index in [1.165, 1.54) is 31.2 Å². The monoisotopic (exact) mass is 234 g/mol. The molecule has 0 unspecified atom stereocenters. The third kappa shape index (κ3) is 3.93. The van der Waals surface area contributed by atoms with E-state index in [1.54, 1.807) is 7.11 Å². The lowest BCUT2D eigenvalue weighted by atomic mass is 10.1. The molecule has 1 fully saturated rings. The van der Waals surface area contributed by atoms with Crippen molar-refractivity contribution in [3.8, 4) is 5.75 Å². The highest BCUT2D eigenvalue weighted by molar-refractivity contribution is 5.48. The molecular formula is C14H22N2O. The zero-order valence-corrected chi connectivity index (χ0v) is 10.5. The lowest BCUT2D eigenvalue weighted by Gasteiger charge is -2.10. The molecule has 0 atom stereocenters. The molecule has 0 aromatic heterocycles. The Bertz CT molecular complexity index is 361. The summed E-state index contributed by atoms with van der Waals surface area (Å²) >= 11 is 0. The highest BCUT2D eigenvalue weighted by Gasteiger charge is 2.19. The molecule has 3 heteroatoms. The summed E-state index contributed by atoms with van der Waals surface area (Å²) < 4.78 is 5.31. The fraction of sp³-hybridized carbons (Fsp3) is 0.571. The van der Waals surface area contributed by atoms with E-state index in [9.17, 15) is 0 Å². The van der Waals surface area contributed by atoms with Crippen molar-refractivity contribution < 1.29 is 4.74 Å². The summed E-state index contributed by atoms with van der Waals surface area (Å²) in [5, 5.41) is 3.46. The van der Waals surface area contributed by atoms with Gasteiger partial charge < -0.3 is 15.8 Å². The summed E-state index contributed by atoms with van der Waals surface area (Å²) in [6.07, 6.45) is 5.56. The van der Waals surface area contributed by atoms with Crippen molar-refractivity contribution in [2.45, 2.75) is 32.2 Å². The van der Waals surface area contributed by atoms with Gasteiger partial charge >= 0.3 is 0 Å². The van der Waals surface area contributed by atoms with Gasteiger partial charge in [0.05, 0.1) is 7.11 Å². The summed E-state index contributed by atoms with van der Waals surface area (Å²) in [5.41, 5.74) is 7.64. The van der Waals surface area contributed by atoms with Gasteiger partial charge in [0, 0.05) is 23.9 Å². The first kappa shape index (κ1) is 12.2. The van der Waals surface area contributed by atoms with Gasteiger partial charge in [0.2, 0.25) is 0 Å². The first-order chi connectivity index (χ1) is 8.29. The fourth-order valence-electron chi connectivity index (χ4n) is 2.05. The van der Waals surface area contributed by atoms with Crippen LogP contribution in [0.1, 0.15) is 31.2 Å². The molecule has 0 bridgehead atoms. The summed E-state index contributed by atoms with van der Waals surface area (Å²) in [7, 11) is 1.69. The lowest BCUT2D eigenvalue weighted by molar-refractivity contribution is 0.407. The van der Waals surface area contributed by atoms with Crippen molar-refractivity contribution in [2.75, 3.05) is 19.4 Å². The van der Waals surface area contributed by atoms with Crippen LogP contribution in [-0.2, 0) is 6.54 Å². The number of benzene rings is 1. The normalized spacial score (nSPS) is 14.9. The van der Waals surface area contributed by atoms with Gasteiger partial charge in [-0.3, -0.25) is 0 Å². The minimum atomic E-state index is 0.749. The van der Waals surface area contributed by atoms with Crippen molar-refractivity contribution in [1.29, 1.82) is 0 Å². The van der Waals surface area contributed by atoms with E-state index < -0.39 is 0 Å². The SMILES string of the molecule is COc1cc(N)ccc1CNCCCC1CC1. The molecule has 1 aliphatic carbocycles. The van der Waals surface area contributed by atoms with Crippen molar-refractivity contribution in [3.63, 3.8) is 0 Å². The van der Waals surface area contributed by atoms with Crippen molar-refractivity contribution >= 4 is 5.69 Å². The number of nitrogen functional groups attached to an aromatic ring is 1. The van der Waals surface area contributed by atoms with E-state index in [2.05, 4.69) is 5.32 Å². The third-order valence-corrected chi connectivity index (χ3v) is 3.29. The number of nitrogens with one attached hydrogen (secondary N) is 1. The number of methoxy groups -OCH3 is 1. The van der Waals surface area contributed by atoms with E-state index in [0.29, 0.717) is 0 Å². The molecule has 0 radical (unpaired) electrons. The van der Waals surface area contributed by atoms with Gasteiger partial charge in [0.1, 0.15) is 5.75 Å². The minimum absolute atomic E-state index is 0.749. The van der Waals surface area contributed by atoms with Gasteiger partial charge in [-0.15, -0.1) is 0 Å². The first-order valence-corrected chi connectivity index (χ1v) is 6.42. The number of nitrogens with two attached hydrogens (primary N) is 1. The van der Waals surface area contributed by atoms with Gasteiger partial charge in [-0.25, -0.2) is 0 Å². The van der Waals surface area contributed by atoms with Crippen LogP contribution in [-0.4, -0.2) is 13.7 Å². The fourth-order valence-corrected chi connectivity index (χ4v) is 2.05. The van der Waals surface area contributed by atoms with Gasteiger partial charge in [-0.1, -0.05) is 18.9 Å². The molecule has 17 heavy (non-hydrogen) atoms. The van der Waals surface area contributed by atoms with Crippen LogP contribution in [0, 0.1) is 5.92 Å². The van der Waals surface area contributed by atoms with E-state index in [1.807, 2.05) is 18.2 Å². The van der Waals surface area contributed by atoms with Crippen molar-refractivity contribution in [2.24, 2.45) is 5.92 Å². The molecule has 94 valence electrons. The zero-order valence-electron chi connectivity index (χ0n) is 10.5. The Morgan fingerprint density at radius 1 is 1.41 bits per heavy atom. The zero-order chi connectivity index (χ0) is 12.1. The highest BCUT2D eigenvalue weighted by Crippen LogP contribution is 2.33. The Labute approximate surface area is 103 Å². The molecule has 1 aliphatic rings. The molecular weight excluding hydrogens is 212 g/mol. The quantitative estimate of drug-likeness (QED) is 0.563. The average Bonchev–Trinajstić information content (AvgIpc) is 3.14. The predicted molar refractivity (Wildman–Crippen MR) is 71.1 cm³/mol. The van der Waals surface area contributed by atoms with Crippen molar-refractivity contribution in [3.05, 3.63) is 23.8 Å². The maximum Gasteiger partial charge on any atom is 0.125 e. The molecule has 1 aromatic carbocycles. The van der Waals surface area contributed by atoms with Crippen LogP contribution in [0.25, 0.3) is 0 Å². The second-order valence-electron chi connectivity index (χ2n) is 4.83. The molecule has 3 N–H and O–H groups in total. The minimum Gasteiger partial charge on any atom is -0.496 e. The predicted octanol–water partition coefficient (Wildman–Crippen LogP) is 2.56. The van der Waals surface area contributed by atoms with Gasteiger partial charge in [0.15, 0.2) is 0 Å². The van der Waals surface area contributed by atoms with Crippen molar-refractivity contribution in [1.82, 2.24) is 5.32 Å².